The molecule has 0 aromatic rings. The van der Waals surface area contributed by atoms with Gasteiger partial charge < -0.3 is 20.6 Å². The highest BCUT2D eigenvalue weighted by Gasteiger charge is 2.23. The topological polar surface area (TPSA) is 64.6 Å². The fraction of sp³-hybridized carbons (Fsp3) is 0.929. The number of carbonyl (C=O) groups is 1. The quantitative estimate of drug-likeness (QED) is 0.700. The van der Waals surface area contributed by atoms with Gasteiger partial charge in [-0.05, 0) is 32.1 Å². The Morgan fingerprint density at radius 1 is 1.21 bits per heavy atom. The first-order valence-corrected chi connectivity index (χ1v) is 7.31. The Balaban J connectivity index is 2.30. The molecular formula is C14H29N3O2. The lowest BCUT2D eigenvalue weighted by Gasteiger charge is -2.36. The van der Waals surface area contributed by atoms with Crippen LogP contribution in [0, 0.1) is 11.8 Å². The van der Waals surface area contributed by atoms with Crippen LogP contribution in [-0.4, -0.2) is 54.4 Å². The van der Waals surface area contributed by atoms with Crippen LogP contribution in [0.4, 0.5) is 4.79 Å². The third kappa shape index (κ3) is 6.25. The van der Waals surface area contributed by atoms with Crippen molar-refractivity contribution < 1.29 is 9.90 Å². The Bertz CT molecular complexity index is 276. The van der Waals surface area contributed by atoms with Gasteiger partial charge >= 0.3 is 6.03 Å². The van der Waals surface area contributed by atoms with Gasteiger partial charge in [-0.15, -0.1) is 0 Å². The lowest BCUT2D eigenvalue weighted by molar-refractivity contribution is 0.131. The molecule has 2 amide bonds. The number of nitrogens with one attached hydrogen (secondary N) is 2. The first-order valence-electron chi connectivity index (χ1n) is 7.31. The maximum atomic E-state index is 11.6. The summed E-state index contributed by atoms with van der Waals surface area (Å²) in [5, 5.41) is 14.5. The fourth-order valence-corrected chi connectivity index (χ4v) is 2.91. The predicted molar refractivity (Wildman–Crippen MR) is 77.1 cm³/mol. The van der Waals surface area contributed by atoms with Crippen molar-refractivity contribution in [3.63, 3.8) is 0 Å². The maximum absolute atomic E-state index is 11.6. The van der Waals surface area contributed by atoms with Crippen molar-refractivity contribution in [1.29, 1.82) is 0 Å². The second-order valence-electron chi connectivity index (χ2n) is 6.27. The minimum Gasteiger partial charge on any atom is -0.394 e. The highest BCUT2D eigenvalue weighted by molar-refractivity contribution is 5.74. The smallest absolute Gasteiger partial charge is 0.315 e. The number of hydrogen-bond acceptors (Lipinski definition) is 3. The van der Waals surface area contributed by atoms with Gasteiger partial charge in [-0.3, -0.25) is 0 Å². The Labute approximate surface area is 116 Å². The van der Waals surface area contributed by atoms with Crippen molar-refractivity contribution in [2.75, 3.05) is 26.2 Å². The van der Waals surface area contributed by atoms with Crippen molar-refractivity contribution in [2.24, 2.45) is 11.8 Å². The van der Waals surface area contributed by atoms with Crippen LogP contribution in [-0.2, 0) is 0 Å². The van der Waals surface area contributed by atoms with Gasteiger partial charge in [0.2, 0.25) is 0 Å². The molecule has 112 valence electrons. The highest BCUT2D eigenvalue weighted by atomic mass is 16.3. The Kier molecular flexibility index (Phi) is 6.58. The van der Waals surface area contributed by atoms with Crippen LogP contribution in [0.2, 0.25) is 0 Å². The Morgan fingerprint density at radius 2 is 1.74 bits per heavy atom. The minimum absolute atomic E-state index is 0.0387. The average molecular weight is 271 g/mol. The van der Waals surface area contributed by atoms with Gasteiger partial charge in [0, 0.05) is 25.7 Å². The molecule has 1 aliphatic heterocycles. The van der Waals surface area contributed by atoms with Gasteiger partial charge in [-0.2, -0.15) is 0 Å². The Morgan fingerprint density at radius 3 is 2.26 bits per heavy atom. The molecule has 0 aliphatic carbocycles. The second-order valence-corrected chi connectivity index (χ2v) is 6.27. The zero-order valence-corrected chi connectivity index (χ0v) is 12.6. The summed E-state index contributed by atoms with van der Waals surface area (Å²) >= 11 is 0. The van der Waals surface area contributed by atoms with Gasteiger partial charge in [0.25, 0.3) is 0 Å². The summed E-state index contributed by atoms with van der Waals surface area (Å²) in [6.45, 7) is 11.5. The maximum Gasteiger partial charge on any atom is 0.315 e. The first-order chi connectivity index (χ1) is 8.90. The van der Waals surface area contributed by atoms with Crippen LogP contribution in [0.5, 0.6) is 0 Å². The third-order valence-corrected chi connectivity index (χ3v) is 3.51. The summed E-state index contributed by atoms with van der Waals surface area (Å²) in [6, 6.07) is -0.294. The van der Waals surface area contributed by atoms with E-state index in [1.807, 2.05) is 6.92 Å². The molecule has 1 fully saturated rings. The summed E-state index contributed by atoms with van der Waals surface area (Å²) < 4.78 is 0. The molecule has 19 heavy (non-hydrogen) atoms. The molecule has 1 aliphatic rings. The SMILES string of the molecule is CC1CC(C)CN(CC(C)NC(=O)NC(C)CO)C1. The molecule has 0 bridgehead atoms. The normalized spacial score (nSPS) is 27.6. The first kappa shape index (κ1) is 16.2. The molecule has 0 aromatic heterocycles. The highest BCUT2D eigenvalue weighted by Crippen LogP contribution is 2.20. The van der Waals surface area contributed by atoms with Crippen LogP contribution in [0.1, 0.15) is 34.1 Å². The van der Waals surface area contributed by atoms with Gasteiger partial charge in [0.1, 0.15) is 0 Å². The second kappa shape index (κ2) is 7.70. The van der Waals surface area contributed by atoms with E-state index in [1.54, 1.807) is 6.92 Å². The lowest BCUT2D eigenvalue weighted by Crippen LogP contribution is -2.50. The molecule has 4 unspecified atom stereocenters. The zero-order chi connectivity index (χ0) is 14.4. The summed E-state index contributed by atoms with van der Waals surface area (Å²) in [4.78, 5) is 14.1. The minimum atomic E-state index is -0.206. The number of urea groups is 1. The standard InChI is InChI=1S/C14H29N3O2/c1-10-5-11(2)7-17(6-10)8-12(3)15-14(19)16-13(4)9-18/h10-13,18H,5-9H2,1-4H3,(H2,15,16,19). The molecule has 1 rings (SSSR count). The van der Waals surface area contributed by atoms with E-state index in [9.17, 15) is 4.79 Å². The molecule has 3 N–H and O–H groups in total. The van der Waals surface area contributed by atoms with E-state index in [-0.39, 0.29) is 24.7 Å². The van der Waals surface area contributed by atoms with E-state index in [0.29, 0.717) is 0 Å². The number of aliphatic hydroxyl groups excluding tert-OH is 1. The van der Waals surface area contributed by atoms with Gasteiger partial charge in [0.05, 0.1) is 12.6 Å². The number of likely N-dealkylation sites (tertiary alicyclic amines) is 1. The average Bonchev–Trinajstić information content (AvgIpc) is 2.26. The molecule has 5 heteroatoms. The van der Waals surface area contributed by atoms with Crippen LogP contribution in [0.25, 0.3) is 0 Å². The molecule has 0 saturated carbocycles. The molecule has 1 heterocycles. The fourth-order valence-electron chi connectivity index (χ4n) is 2.91. The largest absolute Gasteiger partial charge is 0.394 e. The van der Waals surface area contributed by atoms with Gasteiger partial charge in [0.15, 0.2) is 0 Å². The third-order valence-electron chi connectivity index (χ3n) is 3.51. The van der Waals surface area contributed by atoms with Crippen molar-refractivity contribution in [3.8, 4) is 0 Å². The number of nitrogens with zero attached hydrogens (tertiary/aromatic N) is 1. The Hall–Kier alpha value is -0.810. The van der Waals surface area contributed by atoms with Crippen LogP contribution in [0.15, 0.2) is 0 Å². The molecular weight excluding hydrogens is 242 g/mol. The number of amides is 2. The van der Waals surface area contributed by atoms with Gasteiger partial charge in [-0.25, -0.2) is 4.79 Å². The van der Waals surface area contributed by atoms with Crippen LogP contribution < -0.4 is 10.6 Å². The molecule has 0 spiro atoms. The summed E-state index contributed by atoms with van der Waals surface area (Å²) in [7, 11) is 0. The number of aliphatic hydroxyl groups is 1. The van der Waals surface area contributed by atoms with Crippen LogP contribution >= 0.6 is 0 Å². The van der Waals surface area contributed by atoms with E-state index in [0.717, 1.165) is 31.5 Å². The number of piperidine rings is 1. The molecule has 0 radical (unpaired) electrons. The molecule has 1 saturated heterocycles. The van der Waals surface area contributed by atoms with E-state index in [2.05, 4.69) is 29.4 Å². The van der Waals surface area contributed by atoms with E-state index >= 15 is 0 Å². The van der Waals surface area contributed by atoms with Crippen molar-refractivity contribution in [3.05, 3.63) is 0 Å². The van der Waals surface area contributed by atoms with Crippen molar-refractivity contribution in [2.45, 2.75) is 46.2 Å². The summed E-state index contributed by atoms with van der Waals surface area (Å²) in [5.41, 5.74) is 0. The van der Waals surface area contributed by atoms with E-state index < -0.39 is 0 Å². The van der Waals surface area contributed by atoms with E-state index in [1.165, 1.54) is 6.42 Å². The monoisotopic (exact) mass is 271 g/mol. The van der Waals surface area contributed by atoms with Crippen molar-refractivity contribution >= 4 is 6.03 Å². The summed E-state index contributed by atoms with van der Waals surface area (Å²) in [5.74, 6) is 1.47. The van der Waals surface area contributed by atoms with Crippen molar-refractivity contribution in [1.82, 2.24) is 15.5 Å². The molecule has 4 atom stereocenters. The van der Waals surface area contributed by atoms with Gasteiger partial charge in [-0.1, -0.05) is 13.8 Å². The van der Waals surface area contributed by atoms with Crippen LogP contribution in [0.3, 0.4) is 0 Å². The number of rotatable bonds is 5. The van der Waals surface area contributed by atoms with E-state index in [4.69, 9.17) is 5.11 Å². The zero-order valence-electron chi connectivity index (χ0n) is 12.6. The lowest BCUT2D eigenvalue weighted by atomic mass is 9.92. The summed E-state index contributed by atoms with van der Waals surface area (Å²) in [6.07, 6.45) is 1.30. The predicted octanol–water partition coefficient (Wildman–Crippen LogP) is 1.03. The molecule has 5 nitrogen and oxygen atoms in total. The number of hydrogen-bond donors (Lipinski definition) is 3. The number of carbonyl (C=O) groups excluding carboxylic acids is 1. The molecule has 0 aromatic carbocycles.